The maximum atomic E-state index is 12.7. The smallest absolute Gasteiger partial charge is 0.265 e. The Morgan fingerprint density at radius 3 is 2.67 bits per heavy atom. The highest BCUT2D eigenvalue weighted by Crippen LogP contribution is 2.36. The van der Waals surface area contributed by atoms with Gasteiger partial charge in [0, 0.05) is 10.9 Å². The van der Waals surface area contributed by atoms with Gasteiger partial charge in [0.1, 0.15) is 10.6 Å². The Labute approximate surface area is 153 Å². The molecule has 6 heteroatoms. The number of carbonyl (C=O) groups is 1. The number of nitrogens with one attached hydrogen (secondary N) is 2. The van der Waals surface area contributed by atoms with Crippen molar-refractivity contribution in [1.29, 1.82) is 0 Å². The molecule has 1 fully saturated rings. The minimum Gasteiger partial charge on any atom is -0.492 e. The summed E-state index contributed by atoms with van der Waals surface area (Å²) in [6.45, 7) is 4.42. The molecule has 2 N–H and O–H groups in total. The van der Waals surface area contributed by atoms with E-state index in [4.69, 9.17) is 4.74 Å². The largest absolute Gasteiger partial charge is 0.492 e. The van der Waals surface area contributed by atoms with Crippen molar-refractivity contribution in [2.24, 2.45) is 0 Å². The molecule has 0 saturated carbocycles. The number of piperidine rings is 1. The van der Waals surface area contributed by atoms with Crippen LogP contribution in [0.25, 0.3) is 10.4 Å². The molecule has 1 aromatic heterocycles. The molecule has 3 rings (SSSR count). The summed E-state index contributed by atoms with van der Waals surface area (Å²) in [5.74, 6) is 0.662. The lowest BCUT2D eigenvalue weighted by Gasteiger charge is -2.23. The number of hydrogen-bond acceptors (Lipinski definition) is 4. The fourth-order valence-electron chi connectivity index (χ4n) is 2.76. The average Bonchev–Trinajstić information content (AvgIpc) is 3.01. The quantitative estimate of drug-likeness (QED) is 0.847. The van der Waals surface area contributed by atoms with Gasteiger partial charge in [0.25, 0.3) is 5.91 Å². The minimum absolute atomic E-state index is 0. The highest BCUT2D eigenvalue weighted by molar-refractivity contribution is 7.17. The Morgan fingerprint density at radius 1 is 1.29 bits per heavy atom. The molecule has 0 atom stereocenters. The first-order chi connectivity index (χ1) is 11.3. The van der Waals surface area contributed by atoms with Gasteiger partial charge in [0.05, 0.1) is 6.61 Å². The average molecular weight is 367 g/mol. The van der Waals surface area contributed by atoms with Gasteiger partial charge < -0.3 is 15.4 Å². The fraction of sp³-hybridized carbons (Fsp3) is 0.389. The van der Waals surface area contributed by atoms with Crippen molar-refractivity contribution < 1.29 is 9.53 Å². The summed E-state index contributed by atoms with van der Waals surface area (Å²) in [5, 5.41) is 6.46. The van der Waals surface area contributed by atoms with E-state index in [9.17, 15) is 4.79 Å². The predicted molar refractivity (Wildman–Crippen MR) is 102 cm³/mol. The van der Waals surface area contributed by atoms with Gasteiger partial charge in [-0.1, -0.05) is 30.3 Å². The van der Waals surface area contributed by atoms with E-state index in [2.05, 4.69) is 22.8 Å². The van der Waals surface area contributed by atoms with Gasteiger partial charge in [-0.25, -0.2) is 0 Å². The molecule has 1 amide bonds. The van der Waals surface area contributed by atoms with E-state index in [1.807, 2.05) is 31.2 Å². The van der Waals surface area contributed by atoms with Crippen LogP contribution in [0.1, 0.15) is 29.4 Å². The van der Waals surface area contributed by atoms with Gasteiger partial charge in [-0.2, -0.15) is 0 Å². The second-order valence-electron chi connectivity index (χ2n) is 5.60. The second kappa shape index (κ2) is 9.06. The molecular weight excluding hydrogens is 344 g/mol. The number of benzene rings is 1. The van der Waals surface area contributed by atoms with Crippen LogP contribution in [0, 0.1) is 0 Å². The van der Waals surface area contributed by atoms with Crippen molar-refractivity contribution in [2.45, 2.75) is 25.8 Å². The molecule has 2 aromatic rings. The van der Waals surface area contributed by atoms with Gasteiger partial charge in [0.15, 0.2) is 0 Å². The Hall–Kier alpha value is -1.56. The number of halogens is 1. The molecule has 0 radical (unpaired) electrons. The minimum atomic E-state index is -0.0208. The van der Waals surface area contributed by atoms with E-state index in [0.29, 0.717) is 17.2 Å². The third-order valence-electron chi connectivity index (χ3n) is 3.94. The Morgan fingerprint density at radius 2 is 2.00 bits per heavy atom. The van der Waals surface area contributed by atoms with Crippen LogP contribution in [-0.2, 0) is 0 Å². The molecule has 130 valence electrons. The SMILES string of the molecule is CCOc1cc(-c2ccccc2)sc1C(=O)NC1CCNCC1.Cl. The molecule has 0 unspecified atom stereocenters. The van der Waals surface area contributed by atoms with Crippen molar-refractivity contribution in [3.63, 3.8) is 0 Å². The first-order valence-corrected chi connectivity index (χ1v) is 8.93. The van der Waals surface area contributed by atoms with Crippen molar-refractivity contribution in [3.8, 4) is 16.2 Å². The normalized spacial score (nSPS) is 14.7. The highest BCUT2D eigenvalue weighted by atomic mass is 35.5. The summed E-state index contributed by atoms with van der Waals surface area (Å²) in [5.41, 5.74) is 1.11. The van der Waals surface area contributed by atoms with Crippen LogP contribution in [0.2, 0.25) is 0 Å². The van der Waals surface area contributed by atoms with E-state index < -0.39 is 0 Å². The Bertz CT molecular complexity index is 654. The topological polar surface area (TPSA) is 50.4 Å². The van der Waals surface area contributed by atoms with E-state index in [-0.39, 0.29) is 24.4 Å². The predicted octanol–water partition coefficient (Wildman–Crippen LogP) is 3.72. The van der Waals surface area contributed by atoms with Crippen molar-refractivity contribution in [1.82, 2.24) is 10.6 Å². The summed E-state index contributed by atoms with van der Waals surface area (Å²) in [7, 11) is 0. The summed E-state index contributed by atoms with van der Waals surface area (Å²) in [4.78, 5) is 14.4. The van der Waals surface area contributed by atoms with Crippen LogP contribution in [-0.4, -0.2) is 31.6 Å². The molecule has 1 saturated heterocycles. The van der Waals surface area contributed by atoms with Gasteiger partial charge in [-0.3, -0.25) is 4.79 Å². The lowest BCUT2D eigenvalue weighted by atomic mass is 10.1. The number of carbonyl (C=O) groups excluding carboxylic acids is 1. The Kier molecular flexibility index (Phi) is 7.09. The number of thiophene rings is 1. The van der Waals surface area contributed by atoms with Crippen molar-refractivity contribution in [3.05, 3.63) is 41.3 Å². The van der Waals surface area contributed by atoms with E-state index >= 15 is 0 Å². The second-order valence-corrected chi connectivity index (χ2v) is 6.65. The fourth-order valence-corrected chi connectivity index (χ4v) is 3.77. The van der Waals surface area contributed by atoms with E-state index in [1.165, 1.54) is 11.3 Å². The molecule has 4 nitrogen and oxygen atoms in total. The van der Waals surface area contributed by atoms with Crippen LogP contribution in [0.3, 0.4) is 0 Å². The lowest BCUT2D eigenvalue weighted by Crippen LogP contribution is -2.42. The molecule has 2 heterocycles. The molecule has 0 aliphatic carbocycles. The number of ether oxygens (including phenoxy) is 1. The van der Waals surface area contributed by atoms with Gasteiger partial charge in [-0.05, 0) is 44.5 Å². The summed E-state index contributed by atoms with van der Waals surface area (Å²) < 4.78 is 5.69. The molecule has 0 bridgehead atoms. The zero-order valence-corrected chi connectivity index (χ0v) is 15.3. The highest BCUT2D eigenvalue weighted by Gasteiger charge is 2.22. The summed E-state index contributed by atoms with van der Waals surface area (Å²) in [6, 6.07) is 12.3. The number of amides is 1. The molecule has 1 aromatic carbocycles. The zero-order chi connectivity index (χ0) is 16.1. The van der Waals surface area contributed by atoms with Gasteiger partial charge in [0.2, 0.25) is 0 Å². The monoisotopic (exact) mass is 366 g/mol. The van der Waals surface area contributed by atoms with Gasteiger partial charge in [-0.15, -0.1) is 23.7 Å². The zero-order valence-electron chi connectivity index (χ0n) is 13.7. The van der Waals surface area contributed by atoms with Crippen LogP contribution in [0.15, 0.2) is 36.4 Å². The Balaban J connectivity index is 0.00000208. The van der Waals surface area contributed by atoms with Crippen LogP contribution in [0.5, 0.6) is 5.75 Å². The summed E-state index contributed by atoms with van der Waals surface area (Å²) in [6.07, 6.45) is 1.96. The lowest BCUT2D eigenvalue weighted by molar-refractivity contribution is 0.0930. The van der Waals surface area contributed by atoms with Crippen molar-refractivity contribution >= 4 is 29.7 Å². The van der Waals surface area contributed by atoms with Crippen LogP contribution >= 0.6 is 23.7 Å². The maximum absolute atomic E-state index is 12.7. The molecule has 24 heavy (non-hydrogen) atoms. The number of rotatable bonds is 5. The van der Waals surface area contributed by atoms with Crippen LogP contribution < -0.4 is 15.4 Å². The van der Waals surface area contributed by atoms with Crippen molar-refractivity contribution in [2.75, 3.05) is 19.7 Å². The van der Waals surface area contributed by atoms with Crippen LogP contribution in [0.4, 0.5) is 0 Å². The third-order valence-corrected chi connectivity index (χ3v) is 5.10. The molecule has 1 aliphatic rings. The number of hydrogen-bond donors (Lipinski definition) is 2. The molecule has 1 aliphatic heterocycles. The van der Waals surface area contributed by atoms with Gasteiger partial charge >= 0.3 is 0 Å². The van der Waals surface area contributed by atoms with E-state index in [1.54, 1.807) is 0 Å². The molecular formula is C18H23ClN2O2S. The first-order valence-electron chi connectivity index (χ1n) is 8.11. The molecule has 0 spiro atoms. The first kappa shape index (κ1) is 18.8. The summed E-state index contributed by atoms with van der Waals surface area (Å²) >= 11 is 1.50. The van der Waals surface area contributed by atoms with E-state index in [0.717, 1.165) is 36.4 Å². The third kappa shape index (κ3) is 4.50. The standard InChI is InChI=1S/C18H22N2O2S.ClH/c1-2-22-15-12-16(13-6-4-3-5-7-13)23-17(15)18(21)20-14-8-10-19-11-9-14;/h3-7,12,14,19H,2,8-11H2,1H3,(H,20,21);1H. The maximum Gasteiger partial charge on any atom is 0.265 e.